The molecule has 2 aromatic rings. The molecule has 1 heterocycles. The predicted octanol–water partition coefficient (Wildman–Crippen LogP) is 1.31. The molecule has 0 fully saturated rings. The van der Waals surface area contributed by atoms with Gasteiger partial charge in [0, 0.05) is 24.5 Å². The van der Waals surface area contributed by atoms with E-state index in [-0.39, 0.29) is 0 Å². The Morgan fingerprint density at radius 2 is 1.82 bits per heavy atom. The normalized spacial score (nSPS) is 10.2. The highest BCUT2D eigenvalue weighted by Crippen LogP contribution is 2.19. The minimum Gasteiger partial charge on any atom is -0.366 e. The third-order valence-electron chi connectivity index (χ3n) is 2.55. The molecule has 1 aromatic carbocycles. The van der Waals surface area contributed by atoms with Gasteiger partial charge in [-0.2, -0.15) is 0 Å². The summed E-state index contributed by atoms with van der Waals surface area (Å²) in [5, 5.41) is 0. The zero-order valence-corrected chi connectivity index (χ0v) is 9.26. The Kier molecular flexibility index (Phi) is 3.16. The second-order valence-corrected chi connectivity index (χ2v) is 3.73. The number of hydrogen-bond acceptors (Lipinski definition) is 3. The van der Waals surface area contributed by atoms with Crippen molar-refractivity contribution >= 4 is 5.91 Å². The maximum atomic E-state index is 11.1. The predicted molar refractivity (Wildman–Crippen MR) is 66.1 cm³/mol. The number of carbonyl (C=O) groups excluding carboxylic acids is 1. The van der Waals surface area contributed by atoms with E-state index in [1.54, 1.807) is 12.3 Å². The lowest BCUT2D eigenvalue weighted by Gasteiger charge is -2.04. The zero-order chi connectivity index (χ0) is 12.3. The van der Waals surface area contributed by atoms with E-state index in [0.29, 0.717) is 12.1 Å². The third-order valence-corrected chi connectivity index (χ3v) is 2.55. The number of carbonyl (C=O) groups is 1. The smallest absolute Gasteiger partial charge is 0.250 e. The van der Waals surface area contributed by atoms with Crippen molar-refractivity contribution in [2.75, 3.05) is 0 Å². The van der Waals surface area contributed by atoms with Crippen LogP contribution in [0.3, 0.4) is 0 Å². The standard InChI is InChI=1S/C13H13N3O/c14-6-9-1-3-10(4-2-9)11-5-12(13(15)17)8-16-7-11/h1-5,7-8H,6,14H2,(H2,15,17). The lowest BCUT2D eigenvalue weighted by Crippen LogP contribution is -2.11. The fourth-order valence-corrected chi connectivity index (χ4v) is 1.57. The van der Waals surface area contributed by atoms with Crippen LogP contribution < -0.4 is 11.5 Å². The molecule has 0 saturated carbocycles. The van der Waals surface area contributed by atoms with E-state index in [4.69, 9.17) is 11.5 Å². The van der Waals surface area contributed by atoms with E-state index in [9.17, 15) is 4.79 Å². The highest BCUT2D eigenvalue weighted by molar-refractivity contribution is 5.93. The van der Waals surface area contributed by atoms with Crippen LogP contribution in [0.5, 0.6) is 0 Å². The summed E-state index contributed by atoms with van der Waals surface area (Å²) >= 11 is 0. The first-order valence-electron chi connectivity index (χ1n) is 5.25. The number of primary amides is 1. The number of pyridine rings is 1. The molecule has 0 atom stereocenters. The van der Waals surface area contributed by atoms with Gasteiger partial charge in [-0.3, -0.25) is 9.78 Å². The minimum atomic E-state index is -0.474. The van der Waals surface area contributed by atoms with E-state index in [1.165, 1.54) is 6.20 Å². The number of nitrogens with zero attached hydrogens (tertiary/aromatic N) is 1. The van der Waals surface area contributed by atoms with Gasteiger partial charge in [0.15, 0.2) is 0 Å². The van der Waals surface area contributed by atoms with Crippen LogP contribution in [0.25, 0.3) is 11.1 Å². The first-order chi connectivity index (χ1) is 8.20. The van der Waals surface area contributed by atoms with E-state index < -0.39 is 5.91 Å². The van der Waals surface area contributed by atoms with Crippen LogP contribution in [0.1, 0.15) is 15.9 Å². The average Bonchev–Trinajstić information content (AvgIpc) is 2.39. The van der Waals surface area contributed by atoms with Crippen molar-refractivity contribution in [2.24, 2.45) is 11.5 Å². The fourth-order valence-electron chi connectivity index (χ4n) is 1.57. The van der Waals surface area contributed by atoms with Gasteiger partial charge in [0.25, 0.3) is 0 Å². The van der Waals surface area contributed by atoms with Crippen LogP contribution in [0.2, 0.25) is 0 Å². The van der Waals surface area contributed by atoms with Crippen LogP contribution in [-0.2, 0) is 6.54 Å². The largest absolute Gasteiger partial charge is 0.366 e. The van der Waals surface area contributed by atoms with Crippen molar-refractivity contribution in [3.8, 4) is 11.1 Å². The van der Waals surface area contributed by atoms with Crippen molar-refractivity contribution in [3.05, 3.63) is 53.9 Å². The first kappa shape index (κ1) is 11.3. The van der Waals surface area contributed by atoms with Gasteiger partial charge in [0.05, 0.1) is 5.56 Å². The number of hydrogen-bond donors (Lipinski definition) is 2. The van der Waals surface area contributed by atoms with Gasteiger partial charge < -0.3 is 11.5 Å². The number of nitrogens with two attached hydrogens (primary N) is 2. The Morgan fingerprint density at radius 3 is 2.41 bits per heavy atom. The molecule has 86 valence electrons. The van der Waals surface area contributed by atoms with Crippen molar-refractivity contribution in [1.82, 2.24) is 4.98 Å². The van der Waals surface area contributed by atoms with E-state index in [1.807, 2.05) is 24.3 Å². The molecule has 0 unspecified atom stereocenters. The molecular weight excluding hydrogens is 214 g/mol. The Bertz CT molecular complexity index is 535. The van der Waals surface area contributed by atoms with Crippen LogP contribution in [0.15, 0.2) is 42.7 Å². The van der Waals surface area contributed by atoms with E-state index in [2.05, 4.69) is 4.98 Å². The number of amides is 1. The van der Waals surface area contributed by atoms with Crippen molar-refractivity contribution in [1.29, 1.82) is 0 Å². The van der Waals surface area contributed by atoms with Gasteiger partial charge in [0.1, 0.15) is 0 Å². The van der Waals surface area contributed by atoms with Gasteiger partial charge in [-0.15, -0.1) is 0 Å². The molecule has 1 aromatic heterocycles. The summed E-state index contributed by atoms with van der Waals surface area (Å²) in [6.45, 7) is 0.514. The van der Waals surface area contributed by atoms with Gasteiger partial charge in [-0.1, -0.05) is 24.3 Å². The topological polar surface area (TPSA) is 82.0 Å². The molecule has 0 aliphatic heterocycles. The summed E-state index contributed by atoms with van der Waals surface area (Å²) in [5.41, 5.74) is 14.1. The van der Waals surface area contributed by atoms with Gasteiger partial charge in [-0.05, 0) is 17.2 Å². The molecule has 0 spiro atoms. The molecule has 0 saturated heterocycles. The zero-order valence-electron chi connectivity index (χ0n) is 9.26. The third kappa shape index (κ3) is 2.49. The molecule has 0 aliphatic rings. The Hall–Kier alpha value is -2.20. The quantitative estimate of drug-likeness (QED) is 0.829. The van der Waals surface area contributed by atoms with Crippen LogP contribution in [-0.4, -0.2) is 10.9 Å². The maximum absolute atomic E-state index is 11.1. The van der Waals surface area contributed by atoms with Crippen LogP contribution in [0, 0.1) is 0 Å². The van der Waals surface area contributed by atoms with Crippen molar-refractivity contribution in [3.63, 3.8) is 0 Å². The molecule has 4 nitrogen and oxygen atoms in total. The second kappa shape index (κ2) is 4.76. The van der Waals surface area contributed by atoms with Gasteiger partial charge in [0.2, 0.25) is 5.91 Å². The van der Waals surface area contributed by atoms with Gasteiger partial charge in [-0.25, -0.2) is 0 Å². The Balaban J connectivity index is 2.38. The fraction of sp³-hybridized carbons (Fsp3) is 0.0769. The summed E-state index contributed by atoms with van der Waals surface area (Å²) in [5.74, 6) is -0.474. The van der Waals surface area contributed by atoms with E-state index in [0.717, 1.165) is 16.7 Å². The summed E-state index contributed by atoms with van der Waals surface area (Å²) in [6.07, 6.45) is 3.16. The molecule has 17 heavy (non-hydrogen) atoms. The molecule has 0 bridgehead atoms. The Morgan fingerprint density at radius 1 is 1.12 bits per heavy atom. The lowest BCUT2D eigenvalue weighted by molar-refractivity contribution is 0.1000. The molecule has 2 rings (SSSR count). The molecule has 4 N–H and O–H groups in total. The van der Waals surface area contributed by atoms with Crippen LogP contribution >= 0.6 is 0 Å². The van der Waals surface area contributed by atoms with Crippen LogP contribution in [0.4, 0.5) is 0 Å². The summed E-state index contributed by atoms with van der Waals surface area (Å²) in [4.78, 5) is 15.0. The summed E-state index contributed by atoms with van der Waals surface area (Å²) in [7, 11) is 0. The first-order valence-corrected chi connectivity index (χ1v) is 5.25. The maximum Gasteiger partial charge on any atom is 0.250 e. The van der Waals surface area contributed by atoms with Crippen molar-refractivity contribution in [2.45, 2.75) is 6.54 Å². The van der Waals surface area contributed by atoms with Crippen molar-refractivity contribution < 1.29 is 4.79 Å². The average molecular weight is 227 g/mol. The SMILES string of the molecule is NCc1ccc(-c2cncc(C(N)=O)c2)cc1. The second-order valence-electron chi connectivity index (χ2n) is 3.73. The lowest BCUT2D eigenvalue weighted by atomic mass is 10.0. The highest BCUT2D eigenvalue weighted by Gasteiger charge is 2.04. The minimum absolute atomic E-state index is 0.408. The number of benzene rings is 1. The molecule has 1 amide bonds. The monoisotopic (exact) mass is 227 g/mol. The molecular formula is C13H13N3O. The molecule has 0 radical (unpaired) electrons. The molecule has 0 aliphatic carbocycles. The highest BCUT2D eigenvalue weighted by atomic mass is 16.1. The summed E-state index contributed by atoms with van der Waals surface area (Å²) in [6, 6.07) is 9.53. The number of aromatic nitrogens is 1. The van der Waals surface area contributed by atoms with Gasteiger partial charge >= 0.3 is 0 Å². The number of rotatable bonds is 3. The van der Waals surface area contributed by atoms with E-state index >= 15 is 0 Å². The molecule has 4 heteroatoms. The summed E-state index contributed by atoms with van der Waals surface area (Å²) < 4.78 is 0. The Labute approximate surface area is 99.3 Å².